The van der Waals surface area contributed by atoms with Gasteiger partial charge in [0.25, 0.3) is 0 Å². The molecule has 2 nitrogen and oxygen atoms in total. The molecule has 1 aliphatic heterocycles. The molecule has 19 heavy (non-hydrogen) atoms. The molecule has 0 saturated heterocycles. The van der Waals surface area contributed by atoms with E-state index in [0.717, 1.165) is 12.4 Å². The molecule has 90 valence electrons. The molecule has 0 atom stereocenters. The minimum Gasteiger partial charge on any atom is -0.226 e. The van der Waals surface area contributed by atoms with Gasteiger partial charge in [-0.05, 0) is 22.2 Å². The van der Waals surface area contributed by atoms with Crippen LogP contribution in [0.15, 0.2) is 67.0 Å². The first-order valence-electron chi connectivity index (χ1n) is 6.45. The van der Waals surface area contributed by atoms with Crippen LogP contribution in [0.2, 0.25) is 0 Å². The number of aromatic nitrogens is 2. The number of benzene rings is 2. The Bertz CT molecular complexity index is 748. The Morgan fingerprint density at radius 3 is 2.68 bits per heavy atom. The van der Waals surface area contributed by atoms with E-state index in [-0.39, 0.29) is 0 Å². The van der Waals surface area contributed by atoms with Crippen molar-refractivity contribution >= 4 is 0 Å². The lowest BCUT2D eigenvalue weighted by Gasteiger charge is -2.02. The first-order valence-corrected chi connectivity index (χ1v) is 6.45. The van der Waals surface area contributed by atoms with Crippen molar-refractivity contribution in [1.82, 2.24) is 4.98 Å². The highest BCUT2D eigenvalue weighted by Gasteiger charge is 2.26. The zero-order valence-corrected chi connectivity index (χ0v) is 10.5. The highest BCUT2D eigenvalue weighted by atomic mass is 15.1. The van der Waals surface area contributed by atoms with Gasteiger partial charge in [-0.3, -0.25) is 0 Å². The van der Waals surface area contributed by atoms with E-state index in [0.29, 0.717) is 0 Å². The molecule has 4 rings (SSSR count). The average Bonchev–Trinajstić information content (AvgIpc) is 2.86. The van der Waals surface area contributed by atoms with Crippen LogP contribution < -0.4 is 4.57 Å². The Hall–Kier alpha value is -2.48. The second kappa shape index (κ2) is 4.02. The summed E-state index contributed by atoms with van der Waals surface area (Å²) < 4.78 is 2.19. The normalized spacial score (nSPS) is 12.0. The first kappa shape index (κ1) is 10.4. The molecular weight excluding hydrogens is 232 g/mol. The highest BCUT2D eigenvalue weighted by Crippen LogP contribution is 2.29. The smallest absolute Gasteiger partial charge is 0.226 e. The van der Waals surface area contributed by atoms with E-state index >= 15 is 0 Å². The van der Waals surface area contributed by atoms with Crippen LogP contribution in [-0.2, 0) is 6.54 Å². The third-order valence-corrected chi connectivity index (χ3v) is 3.62. The van der Waals surface area contributed by atoms with Gasteiger partial charge in [0.2, 0.25) is 0 Å². The predicted molar refractivity (Wildman–Crippen MR) is 74.4 cm³/mol. The lowest BCUT2D eigenvalue weighted by atomic mass is 10.0. The van der Waals surface area contributed by atoms with Crippen molar-refractivity contribution in [2.45, 2.75) is 6.54 Å². The van der Waals surface area contributed by atoms with Crippen molar-refractivity contribution in [3.8, 4) is 22.5 Å². The van der Waals surface area contributed by atoms with Crippen LogP contribution in [0.3, 0.4) is 0 Å². The maximum Gasteiger partial charge on any atom is 0.330 e. The van der Waals surface area contributed by atoms with Crippen LogP contribution in [0.1, 0.15) is 5.56 Å². The highest BCUT2D eigenvalue weighted by molar-refractivity contribution is 5.72. The number of fused-ring (bicyclic) bond motifs is 3. The van der Waals surface area contributed by atoms with Gasteiger partial charge in [0.05, 0.1) is 11.8 Å². The summed E-state index contributed by atoms with van der Waals surface area (Å²) in [5.41, 5.74) is 5.10. The fourth-order valence-electron chi connectivity index (χ4n) is 2.67. The third kappa shape index (κ3) is 1.65. The number of nitrogens with zero attached hydrogens (tertiary/aromatic N) is 2. The quantitative estimate of drug-likeness (QED) is 0.471. The van der Waals surface area contributed by atoms with Gasteiger partial charge in [0.1, 0.15) is 12.7 Å². The van der Waals surface area contributed by atoms with Gasteiger partial charge in [-0.2, -0.15) is 0 Å². The van der Waals surface area contributed by atoms with Gasteiger partial charge in [-0.1, -0.05) is 42.5 Å². The van der Waals surface area contributed by atoms with E-state index in [2.05, 4.69) is 58.2 Å². The van der Waals surface area contributed by atoms with Crippen LogP contribution in [0.25, 0.3) is 22.5 Å². The predicted octanol–water partition coefficient (Wildman–Crippen LogP) is 3.06. The lowest BCUT2D eigenvalue weighted by Crippen LogP contribution is -2.32. The van der Waals surface area contributed by atoms with Crippen LogP contribution >= 0.6 is 0 Å². The standard InChI is InChI=1S/C17H13N2/c1-2-5-13(6-3-1)14-7-8-15-12-19-10-4-9-18-17(19)16(15)11-14/h1-11H,12H2/q+1. The van der Waals surface area contributed by atoms with Crippen molar-refractivity contribution in [2.75, 3.05) is 0 Å². The fourth-order valence-corrected chi connectivity index (χ4v) is 2.67. The maximum atomic E-state index is 4.50. The van der Waals surface area contributed by atoms with E-state index in [1.165, 1.54) is 22.3 Å². The Morgan fingerprint density at radius 2 is 1.79 bits per heavy atom. The molecule has 0 saturated carbocycles. The van der Waals surface area contributed by atoms with Gasteiger partial charge in [0, 0.05) is 11.6 Å². The van der Waals surface area contributed by atoms with Crippen molar-refractivity contribution in [3.63, 3.8) is 0 Å². The molecule has 0 radical (unpaired) electrons. The van der Waals surface area contributed by atoms with Crippen molar-refractivity contribution < 1.29 is 4.57 Å². The molecule has 1 aromatic heterocycles. The average molecular weight is 245 g/mol. The van der Waals surface area contributed by atoms with E-state index in [1.54, 1.807) is 0 Å². The van der Waals surface area contributed by atoms with Crippen LogP contribution in [-0.4, -0.2) is 4.98 Å². The third-order valence-electron chi connectivity index (χ3n) is 3.62. The maximum absolute atomic E-state index is 4.50. The van der Waals surface area contributed by atoms with E-state index in [1.807, 2.05) is 18.3 Å². The fraction of sp³-hybridized carbons (Fsp3) is 0.0588. The molecular formula is C17H13N2+. The molecule has 0 fully saturated rings. The topological polar surface area (TPSA) is 16.8 Å². The molecule has 0 aliphatic carbocycles. The van der Waals surface area contributed by atoms with Crippen molar-refractivity contribution in [3.05, 3.63) is 72.6 Å². The zero-order chi connectivity index (χ0) is 12.7. The van der Waals surface area contributed by atoms with Crippen LogP contribution in [0.4, 0.5) is 0 Å². The van der Waals surface area contributed by atoms with Gasteiger partial charge in [-0.25, -0.2) is 4.57 Å². The molecule has 0 amide bonds. The molecule has 2 aromatic carbocycles. The van der Waals surface area contributed by atoms with Gasteiger partial charge < -0.3 is 0 Å². The molecule has 3 aromatic rings. The summed E-state index contributed by atoms with van der Waals surface area (Å²) >= 11 is 0. The van der Waals surface area contributed by atoms with Crippen molar-refractivity contribution in [2.24, 2.45) is 0 Å². The summed E-state index contributed by atoms with van der Waals surface area (Å²) in [4.78, 5) is 4.50. The molecule has 0 N–H and O–H groups in total. The summed E-state index contributed by atoms with van der Waals surface area (Å²) in [5, 5.41) is 0. The first-order chi connectivity index (χ1) is 9.42. The van der Waals surface area contributed by atoms with E-state index in [9.17, 15) is 0 Å². The minimum absolute atomic E-state index is 0.924. The molecule has 0 unspecified atom stereocenters. The van der Waals surface area contributed by atoms with Crippen molar-refractivity contribution in [1.29, 1.82) is 0 Å². The van der Waals surface area contributed by atoms with E-state index in [4.69, 9.17) is 0 Å². The second-order valence-corrected chi connectivity index (χ2v) is 4.81. The largest absolute Gasteiger partial charge is 0.330 e. The summed E-state index contributed by atoms with van der Waals surface area (Å²) in [5.74, 6) is 1.07. The molecule has 2 heterocycles. The van der Waals surface area contributed by atoms with E-state index < -0.39 is 0 Å². The zero-order valence-electron chi connectivity index (χ0n) is 10.5. The molecule has 0 bridgehead atoms. The summed E-state index contributed by atoms with van der Waals surface area (Å²) in [6.45, 7) is 0.924. The van der Waals surface area contributed by atoms with Crippen LogP contribution in [0.5, 0.6) is 0 Å². The van der Waals surface area contributed by atoms with Gasteiger partial charge in [0.15, 0.2) is 0 Å². The number of hydrogen-bond donors (Lipinski definition) is 0. The van der Waals surface area contributed by atoms with Crippen LogP contribution in [0, 0.1) is 0 Å². The Balaban J connectivity index is 1.89. The molecule has 0 spiro atoms. The Morgan fingerprint density at radius 1 is 0.895 bits per heavy atom. The Kier molecular flexibility index (Phi) is 2.21. The SMILES string of the molecule is c1ccc(-c2ccc3c(c2)-c2nccc[n+]2C3)cc1. The summed E-state index contributed by atoms with van der Waals surface area (Å²) in [7, 11) is 0. The molecule has 1 aliphatic rings. The van der Waals surface area contributed by atoms with Gasteiger partial charge in [-0.15, -0.1) is 0 Å². The van der Waals surface area contributed by atoms with Gasteiger partial charge >= 0.3 is 5.82 Å². The Labute approximate surface area is 112 Å². The molecule has 2 heteroatoms. The number of rotatable bonds is 1. The second-order valence-electron chi connectivity index (χ2n) is 4.81. The lowest BCUT2D eigenvalue weighted by molar-refractivity contribution is -0.674. The summed E-state index contributed by atoms with van der Waals surface area (Å²) in [6, 6.07) is 19.1. The summed E-state index contributed by atoms with van der Waals surface area (Å²) in [6.07, 6.45) is 3.95. The minimum atomic E-state index is 0.924. The number of hydrogen-bond acceptors (Lipinski definition) is 1. The monoisotopic (exact) mass is 245 g/mol.